The Morgan fingerprint density at radius 2 is 2.22 bits per heavy atom. The molecule has 2 rings (SSSR count). The van der Waals surface area contributed by atoms with Gasteiger partial charge >= 0.3 is 0 Å². The Hall–Kier alpha value is -1.17. The molecule has 1 aliphatic carbocycles. The van der Waals surface area contributed by atoms with Gasteiger partial charge in [0, 0.05) is 17.0 Å². The molecule has 18 heavy (non-hydrogen) atoms. The van der Waals surface area contributed by atoms with E-state index in [1.165, 1.54) is 19.3 Å². The van der Waals surface area contributed by atoms with E-state index in [1.54, 1.807) is 0 Å². The summed E-state index contributed by atoms with van der Waals surface area (Å²) in [7, 11) is 0. The van der Waals surface area contributed by atoms with E-state index in [0.29, 0.717) is 10.8 Å². The summed E-state index contributed by atoms with van der Waals surface area (Å²) in [4.78, 5) is 12.2. The lowest BCUT2D eigenvalue weighted by atomic mass is 9.94. The minimum absolute atomic E-state index is 0.107. The molecule has 5 nitrogen and oxygen atoms in total. The molecule has 0 saturated heterocycles. The zero-order valence-corrected chi connectivity index (χ0v) is 11.6. The van der Waals surface area contributed by atoms with Gasteiger partial charge in [-0.25, -0.2) is 0 Å². The SMILES string of the molecule is CSC1CCCCC1NC(=O)c1c(N)n[nH]c1C. The summed E-state index contributed by atoms with van der Waals surface area (Å²) in [5.74, 6) is 0.172. The Kier molecular flexibility index (Phi) is 4.16. The number of nitrogen functional groups attached to an aromatic ring is 1. The first-order valence-electron chi connectivity index (χ1n) is 6.27. The van der Waals surface area contributed by atoms with Crippen LogP contribution in [0.25, 0.3) is 0 Å². The van der Waals surface area contributed by atoms with Crippen molar-refractivity contribution in [3.05, 3.63) is 11.3 Å². The molecule has 1 saturated carbocycles. The van der Waals surface area contributed by atoms with Gasteiger partial charge < -0.3 is 11.1 Å². The highest BCUT2D eigenvalue weighted by Gasteiger charge is 2.27. The molecule has 0 aromatic carbocycles. The van der Waals surface area contributed by atoms with Crippen molar-refractivity contribution in [2.75, 3.05) is 12.0 Å². The second-order valence-corrected chi connectivity index (χ2v) is 5.82. The first-order chi connectivity index (χ1) is 8.63. The first-order valence-corrected chi connectivity index (χ1v) is 7.56. The van der Waals surface area contributed by atoms with Crippen LogP contribution in [0.4, 0.5) is 5.82 Å². The highest BCUT2D eigenvalue weighted by Crippen LogP contribution is 2.27. The van der Waals surface area contributed by atoms with E-state index >= 15 is 0 Å². The van der Waals surface area contributed by atoms with Crippen LogP contribution >= 0.6 is 11.8 Å². The van der Waals surface area contributed by atoms with Crippen LogP contribution in [0.5, 0.6) is 0 Å². The number of nitrogens with one attached hydrogen (secondary N) is 2. The molecule has 1 aliphatic rings. The second-order valence-electron chi connectivity index (χ2n) is 4.75. The molecular weight excluding hydrogens is 248 g/mol. The van der Waals surface area contributed by atoms with E-state index in [2.05, 4.69) is 21.8 Å². The zero-order chi connectivity index (χ0) is 13.1. The average molecular weight is 268 g/mol. The molecule has 6 heteroatoms. The quantitative estimate of drug-likeness (QED) is 0.779. The number of carbonyl (C=O) groups is 1. The van der Waals surface area contributed by atoms with E-state index in [9.17, 15) is 4.79 Å². The van der Waals surface area contributed by atoms with Crippen LogP contribution in [0.15, 0.2) is 0 Å². The molecule has 1 aromatic rings. The third-order valence-corrected chi connectivity index (χ3v) is 4.69. The number of nitrogens with two attached hydrogens (primary N) is 1. The monoisotopic (exact) mass is 268 g/mol. The topological polar surface area (TPSA) is 83.8 Å². The van der Waals surface area contributed by atoms with Crippen molar-refractivity contribution in [3.8, 4) is 0 Å². The third kappa shape index (κ3) is 2.63. The fraction of sp³-hybridized carbons (Fsp3) is 0.667. The van der Waals surface area contributed by atoms with Gasteiger partial charge in [-0.1, -0.05) is 12.8 Å². The lowest BCUT2D eigenvalue weighted by Gasteiger charge is -2.30. The Morgan fingerprint density at radius 1 is 1.50 bits per heavy atom. The van der Waals surface area contributed by atoms with Crippen molar-refractivity contribution in [1.82, 2.24) is 15.5 Å². The number of amides is 1. The van der Waals surface area contributed by atoms with Crippen molar-refractivity contribution in [3.63, 3.8) is 0 Å². The molecule has 100 valence electrons. The van der Waals surface area contributed by atoms with Gasteiger partial charge in [0.1, 0.15) is 5.56 Å². The van der Waals surface area contributed by atoms with Crippen LogP contribution in [0.1, 0.15) is 41.7 Å². The van der Waals surface area contributed by atoms with Gasteiger partial charge in [0.2, 0.25) is 0 Å². The molecule has 0 aliphatic heterocycles. The first kappa shape index (κ1) is 13.3. The predicted molar refractivity (Wildman–Crippen MR) is 74.8 cm³/mol. The van der Waals surface area contributed by atoms with Gasteiger partial charge in [0.15, 0.2) is 5.82 Å². The standard InChI is InChI=1S/C12H20N4OS/c1-7-10(11(13)16-15-7)12(17)14-8-5-3-4-6-9(8)18-2/h8-9H,3-6H2,1-2H3,(H,14,17)(H3,13,15,16). The summed E-state index contributed by atoms with van der Waals surface area (Å²) in [6.45, 7) is 1.81. The number of rotatable bonds is 3. The van der Waals surface area contributed by atoms with Crippen LogP contribution in [-0.4, -0.2) is 33.7 Å². The maximum absolute atomic E-state index is 12.2. The number of aryl methyl sites for hydroxylation is 1. The highest BCUT2D eigenvalue weighted by atomic mass is 32.2. The highest BCUT2D eigenvalue weighted by molar-refractivity contribution is 7.99. The fourth-order valence-electron chi connectivity index (χ4n) is 2.52. The summed E-state index contributed by atoms with van der Waals surface area (Å²) >= 11 is 1.83. The molecule has 4 N–H and O–H groups in total. The summed E-state index contributed by atoms with van der Waals surface area (Å²) in [5.41, 5.74) is 6.92. The van der Waals surface area contributed by atoms with E-state index in [0.717, 1.165) is 12.1 Å². The summed E-state index contributed by atoms with van der Waals surface area (Å²) in [5, 5.41) is 10.2. The number of thioether (sulfide) groups is 1. The lowest BCUT2D eigenvalue weighted by molar-refractivity contribution is 0.0929. The van der Waals surface area contributed by atoms with E-state index in [-0.39, 0.29) is 17.8 Å². The fourth-order valence-corrected chi connectivity index (χ4v) is 3.45. The van der Waals surface area contributed by atoms with Crippen LogP contribution in [0.3, 0.4) is 0 Å². The van der Waals surface area contributed by atoms with Crippen molar-refractivity contribution in [1.29, 1.82) is 0 Å². The number of hydrogen-bond donors (Lipinski definition) is 3. The number of nitrogens with zero attached hydrogens (tertiary/aromatic N) is 1. The minimum atomic E-state index is -0.107. The Labute approximate surface area is 111 Å². The van der Waals surface area contributed by atoms with Gasteiger partial charge in [-0.2, -0.15) is 16.9 Å². The molecule has 1 aromatic heterocycles. The van der Waals surface area contributed by atoms with E-state index < -0.39 is 0 Å². The average Bonchev–Trinajstić information content (AvgIpc) is 2.69. The van der Waals surface area contributed by atoms with Crippen molar-refractivity contribution in [2.45, 2.75) is 43.9 Å². The zero-order valence-electron chi connectivity index (χ0n) is 10.8. The molecule has 0 radical (unpaired) electrons. The Balaban J connectivity index is 2.06. The maximum atomic E-state index is 12.2. The summed E-state index contributed by atoms with van der Waals surface area (Å²) in [6, 6.07) is 0.245. The van der Waals surface area contributed by atoms with Gasteiger partial charge in [-0.15, -0.1) is 0 Å². The lowest BCUT2D eigenvalue weighted by Crippen LogP contribution is -2.43. The number of aromatic amines is 1. The molecule has 0 spiro atoms. The molecule has 1 fully saturated rings. The van der Waals surface area contributed by atoms with Crippen LogP contribution in [0.2, 0.25) is 0 Å². The molecule has 2 unspecified atom stereocenters. The second kappa shape index (κ2) is 5.65. The minimum Gasteiger partial charge on any atom is -0.382 e. The summed E-state index contributed by atoms with van der Waals surface area (Å²) < 4.78 is 0. The van der Waals surface area contributed by atoms with Crippen molar-refractivity contribution < 1.29 is 4.79 Å². The van der Waals surface area contributed by atoms with E-state index in [4.69, 9.17) is 5.73 Å². The molecule has 1 amide bonds. The van der Waals surface area contributed by atoms with Gasteiger partial charge in [-0.05, 0) is 26.0 Å². The Bertz CT molecular complexity index is 412. The molecule has 1 heterocycles. The number of anilines is 1. The smallest absolute Gasteiger partial charge is 0.257 e. The molecule has 2 atom stereocenters. The number of carbonyl (C=O) groups excluding carboxylic acids is 1. The summed E-state index contributed by atoms with van der Waals surface area (Å²) in [6.07, 6.45) is 6.76. The largest absolute Gasteiger partial charge is 0.382 e. The van der Waals surface area contributed by atoms with Crippen LogP contribution in [0, 0.1) is 6.92 Å². The molecule has 0 bridgehead atoms. The van der Waals surface area contributed by atoms with Crippen molar-refractivity contribution >= 4 is 23.5 Å². The van der Waals surface area contributed by atoms with E-state index in [1.807, 2.05) is 18.7 Å². The van der Waals surface area contributed by atoms with Crippen LogP contribution < -0.4 is 11.1 Å². The van der Waals surface area contributed by atoms with Gasteiger partial charge in [0.25, 0.3) is 5.91 Å². The maximum Gasteiger partial charge on any atom is 0.257 e. The van der Waals surface area contributed by atoms with Crippen molar-refractivity contribution in [2.24, 2.45) is 0 Å². The third-order valence-electron chi connectivity index (χ3n) is 3.52. The number of aromatic nitrogens is 2. The van der Waals surface area contributed by atoms with Crippen LogP contribution in [-0.2, 0) is 0 Å². The predicted octanol–water partition coefficient (Wildman–Crippen LogP) is 1.70. The van der Waals surface area contributed by atoms with Gasteiger partial charge in [0.05, 0.1) is 0 Å². The number of H-pyrrole nitrogens is 1. The Morgan fingerprint density at radius 3 is 2.83 bits per heavy atom. The molecular formula is C12H20N4OS. The normalized spacial score (nSPS) is 23.9. The van der Waals surface area contributed by atoms with Gasteiger partial charge in [-0.3, -0.25) is 9.89 Å². The number of hydrogen-bond acceptors (Lipinski definition) is 4.